The van der Waals surface area contributed by atoms with Gasteiger partial charge in [-0.15, -0.1) is 6.58 Å². The van der Waals surface area contributed by atoms with Crippen molar-refractivity contribution < 1.29 is 9.94 Å². The summed E-state index contributed by atoms with van der Waals surface area (Å²) in [6.45, 7) is 6.54. The number of hydrogen-bond donors (Lipinski definition) is 3. The fraction of sp³-hybridized carbons (Fsp3) is 0.357. The van der Waals surface area contributed by atoms with Gasteiger partial charge < -0.3 is 21.0 Å². The Hall–Kier alpha value is -2.01. The number of nitrogens with one attached hydrogen (secondary N) is 1. The average Bonchev–Trinajstić information content (AvgIpc) is 2.44. The Labute approximate surface area is 113 Å². The van der Waals surface area contributed by atoms with E-state index in [9.17, 15) is 0 Å². The lowest BCUT2D eigenvalue weighted by Gasteiger charge is -2.13. The zero-order valence-electron chi connectivity index (χ0n) is 11.4. The molecular formula is C14H21N3O2. The van der Waals surface area contributed by atoms with Crippen molar-refractivity contribution in [1.82, 2.24) is 5.32 Å². The Kier molecular flexibility index (Phi) is 5.89. The molecule has 0 aliphatic heterocycles. The highest BCUT2D eigenvalue weighted by Crippen LogP contribution is 2.20. The highest BCUT2D eigenvalue weighted by Gasteiger charge is 2.09. The quantitative estimate of drug-likeness (QED) is 0.230. The fourth-order valence-corrected chi connectivity index (χ4v) is 1.74. The van der Waals surface area contributed by atoms with Crippen LogP contribution in [0, 0.1) is 0 Å². The maximum Gasteiger partial charge on any atom is 0.173 e. The Balaban J connectivity index is 2.80. The largest absolute Gasteiger partial charge is 0.496 e. The molecule has 0 saturated heterocycles. The maximum atomic E-state index is 8.70. The van der Waals surface area contributed by atoms with Crippen LogP contribution in [-0.4, -0.2) is 24.2 Å². The number of oxime groups is 1. The summed E-state index contributed by atoms with van der Waals surface area (Å²) in [6, 6.07) is 5.94. The van der Waals surface area contributed by atoms with Gasteiger partial charge in [-0.25, -0.2) is 0 Å². The number of nitrogens with zero attached hydrogens (tertiary/aromatic N) is 1. The molecule has 4 N–H and O–H groups in total. The molecule has 0 aliphatic rings. The maximum absolute atomic E-state index is 8.70. The number of hydrogen-bond acceptors (Lipinski definition) is 4. The minimum Gasteiger partial charge on any atom is -0.496 e. The van der Waals surface area contributed by atoms with Gasteiger partial charge in [0.2, 0.25) is 0 Å². The van der Waals surface area contributed by atoms with Crippen LogP contribution < -0.4 is 15.8 Å². The molecule has 1 aromatic carbocycles. The molecule has 0 bridgehead atoms. The lowest BCUT2D eigenvalue weighted by atomic mass is 10.1. The van der Waals surface area contributed by atoms with Crippen molar-refractivity contribution in [2.24, 2.45) is 10.9 Å². The molecular weight excluding hydrogens is 242 g/mol. The van der Waals surface area contributed by atoms with Gasteiger partial charge >= 0.3 is 0 Å². The standard InChI is InChI=1S/C14H21N3O2/c1-4-5-10(2)16-9-11-6-7-12(14(15)17-18)13(8-11)19-3/h4,6-8,10,16,18H,1,5,9H2,2-3H3,(H2,15,17). The third-order valence-corrected chi connectivity index (χ3v) is 2.82. The molecule has 0 aromatic heterocycles. The molecule has 0 fully saturated rings. The van der Waals surface area contributed by atoms with Crippen molar-refractivity contribution in [2.45, 2.75) is 25.9 Å². The number of rotatable bonds is 7. The zero-order chi connectivity index (χ0) is 14.3. The highest BCUT2D eigenvalue weighted by atomic mass is 16.5. The van der Waals surface area contributed by atoms with Gasteiger partial charge in [0, 0.05) is 12.6 Å². The van der Waals surface area contributed by atoms with Crippen LogP contribution in [0.4, 0.5) is 0 Å². The third kappa shape index (κ3) is 4.30. The van der Waals surface area contributed by atoms with E-state index < -0.39 is 0 Å². The van der Waals surface area contributed by atoms with E-state index in [2.05, 4.69) is 24.0 Å². The predicted molar refractivity (Wildman–Crippen MR) is 76.6 cm³/mol. The van der Waals surface area contributed by atoms with E-state index in [0.717, 1.165) is 18.5 Å². The van der Waals surface area contributed by atoms with E-state index in [1.54, 1.807) is 13.2 Å². The lowest BCUT2D eigenvalue weighted by Crippen LogP contribution is -2.24. The summed E-state index contributed by atoms with van der Waals surface area (Å²) < 4.78 is 5.25. The van der Waals surface area contributed by atoms with Crippen LogP contribution in [-0.2, 0) is 6.54 Å². The Morgan fingerprint density at radius 3 is 2.95 bits per heavy atom. The molecule has 0 aliphatic carbocycles. The normalized spacial score (nSPS) is 13.1. The van der Waals surface area contributed by atoms with Gasteiger partial charge in [-0.3, -0.25) is 0 Å². The summed E-state index contributed by atoms with van der Waals surface area (Å²) in [6.07, 6.45) is 2.80. The molecule has 1 rings (SSSR count). The van der Waals surface area contributed by atoms with E-state index in [1.807, 2.05) is 18.2 Å². The number of amidine groups is 1. The molecule has 0 spiro atoms. The second-order valence-corrected chi connectivity index (χ2v) is 4.33. The second kappa shape index (κ2) is 7.43. The van der Waals surface area contributed by atoms with Crippen molar-refractivity contribution in [1.29, 1.82) is 0 Å². The van der Waals surface area contributed by atoms with Gasteiger partial charge in [-0.2, -0.15) is 0 Å². The Morgan fingerprint density at radius 2 is 2.37 bits per heavy atom. The van der Waals surface area contributed by atoms with Gasteiger partial charge in [0.25, 0.3) is 0 Å². The van der Waals surface area contributed by atoms with Crippen LogP contribution in [0.3, 0.4) is 0 Å². The summed E-state index contributed by atoms with van der Waals surface area (Å²) in [5, 5.41) is 15.1. The van der Waals surface area contributed by atoms with Crippen LogP contribution in [0.2, 0.25) is 0 Å². The number of benzene rings is 1. The first-order valence-corrected chi connectivity index (χ1v) is 6.11. The topological polar surface area (TPSA) is 79.9 Å². The first kappa shape index (κ1) is 15.0. The predicted octanol–water partition coefficient (Wildman–Crippen LogP) is 1.84. The highest BCUT2D eigenvalue weighted by molar-refractivity contribution is 5.99. The van der Waals surface area contributed by atoms with Crippen molar-refractivity contribution in [3.63, 3.8) is 0 Å². The van der Waals surface area contributed by atoms with E-state index in [1.165, 1.54) is 0 Å². The van der Waals surface area contributed by atoms with Gasteiger partial charge in [-0.05, 0) is 31.0 Å². The van der Waals surface area contributed by atoms with Gasteiger partial charge in [-0.1, -0.05) is 17.3 Å². The zero-order valence-corrected chi connectivity index (χ0v) is 11.4. The molecule has 0 saturated carbocycles. The summed E-state index contributed by atoms with van der Waals surface area (Å²) in [4.78, 5) is 0. The van der Waals surface area contributed by atoms with Crippen molar-refractivity contribution >= 4 is 5.84 Å². The van der Waals surface area contributed by atoms with Crippen molar-refractivity contribution in [3.05, 3.63) is 42.0 Å². The molecule has 5 heteroatoms. The average molecular weight is 263 g/mol. The summed E-state index contributed by atoms with van der Waals surface area (Å²) in [5.41, 5.74) is 7.22. The Bertz CT molecular complexity index is 458. The fourth-order valence-electron chi connectivity index (χ4n) is 1.74. The molecule has 0 heterocycles. The summed E-state index contributed by atoms with van der Waals surface area (Å²) >= 11 is 0. The summed E-state index contributed by atoms with van der Waals surface area (Å²) in [7, 11) is 1.56. The smallest absolute Gasteiger partial charge is 0.173 e. The molecule has 19 heavy (non-hydrogen) atoms. The van der Waals surface area contributed by atoms with E-state index in [-0.39, 0.29) is 5.84 Å². The number of methoxy groups -OCH3 is 1. The van der Waals surface area contributed by atoms with Gasteiger partial charge in [0.1, 0.15) is 5.75 Å². The first-order valence-electron chi connectivity index (χ1n) is 6.11. The van der Waals surface area contributed by atoms with E-state index in [0.29, 0.717) is 17.4 Å². The van der Waals surface area contributed by atoms with E-state index in [4.69, 9.17) is 15.7 Å². The molecule has 1 aromatic rings. The first-order chi connectivity index (χ1) is 9.12. The van der Waals surface area contributed by atoms with Crippen molar-refractivity contribution in [3.8, 4) is 5.75 Å². The van der Waals surface area contributed by atoms with Crippen LogP contribution in [0.25, 0.3) is 0 Å². The SMILES string of the molecule is C=CCC(C)NCc1ccc(/C(N)=N/O)c(OC)c1. The second-order valence-electron chi connectivity index (χ2n) is 4.33. The monoisotopic (exact) mass is 263 g/mol. The van der Waals surface area contributed by atoms with Gasteiger partial charge in [0.05, 0.1) is 12.7 Å². The number of nitrogens with two attached hydrogens (primary N) is 1. The molecule has 0 amide bonds. The summed E-state index contributed by atoms with van der Waals surface area (Å²) in [5.74, 6) is 0.627. The van der Waals surface area contributed by atoms with Crippen LogP contribution in [0.5, 0.6) is 5.75 Å². The van der Waals surface area contributed by atoms with Gasteiger partial charge in [0.15, 0.2) is 5.84 Å². The minimum absolute atomic E-state index is 0.0383. The van der Waals surface area contributed by atoms with Crippen LogP contribution >= 0.6 is 0 Å². The minimum atomic E-state index is 0.0383. The molecule has 1 unspecified atom stereocenters. The Morgan fingerprint density at radius 1 is 1.63 bits per heavy atom. The van der Waals surface area contributed by atoms with Crippen LogP contribution in [0.15, 0.2) is 36.0 Å². The number of ether oxygens (including phenoxy) is 1. The van der Waals surface area contributed by atoms with Crippen LogP contribution in [0.1, 0.15) is 24.5 Å². The molecule has 104 valence electrons. The molecule has 1 atom stereocenters. The van der Waals surface area contributed by atoms with E-state index >= 15 is 0 Å². The van der Waals surface area contributed by atoms with Crippen molar-refractivity contribution in [2.75, 3.05) is 7.11 Å². The molecule has 5 nitrogen and oxygen atoms in total. The molecule has 0 radical (unpaired) electrons. The third-order valence-electron chi connectivity index (χ3n) is 2.82. The lowest BCUT2D eigenvalue weighted by molar-refractivity contribution is 0.318.